The Morgan fingerprint density at radius 1 is 1.38 bits per heavy atom. The molecule has 4 nitrogen and oxygen atoms in total. The Labute approximate surface area is 103 Å². The van der Waals surface area contributed by atoms with Gasteiger partial charge in [0, 0.05) is 13.5 Å². The lowest BCUT2D eigenvalue weighted by Gasteiger charge is -2.24. The van der Waals surface area contributed by atoms with Gasteiger partial charge in [0.15, 0.2) is 0 Å². The normalized spacial score (nSPS) is 14.1. The zero-order chi connectivity index (χ0) is 12.7. The topological polar surface area (TPSA) is 46.6 Å². The molecule has 5 heteroatoms. The number of ether oxygens (including phenoxy) is 1. The van der Waals surface area contributed by atoms with E-state index in [9.17, 15) is 9.59 Å². The molecule has 2 atom stereocenters. The lowest BCUT2D eigenvalue weighted by atomic mass is 10.2. The average molecular weight is 247 g/mol. The molecule has 94 valence electrons. The quantitative estimate of drug-likeness (QED) is 0.571. The van der Waals surface area contributed by atoms with Crippen molar-refractivity contribution in [1.29, 1.82) is 0 Å². The summed E-state index contributed by atoms with van der Waals surface area (Å²) in [6.07, 6.45) is 0.996. The first-order valence-corrected chi connectivity index (χ1v) is 6.14. The number of hydrogen-bond acceptors (Lipinski definition) is 4. The minimum absolute atomic E-state index is 0.0939. The highest BCUT2D eigenvalue weighted by Crippen LogP contribution is 2.05. The smallest absolute Gasteiger partial charge is 0.328 e. The molecule has 0 heterocycles. The van der Waals surface area contributed by atoms with Crippen molar-refractivity contribution in [3.63, 3.8) is 0 Å². The second-order valence-electron chi connectivity index (χ2n) is 3.81. The second-order valence-corrected chi connectivity index (χ2v) is 4.26. The summed E-state index contributed by atoms with van der Waals surface area (Å²) >= 11 is 3.98. The van der Waals surface area contributed by atoms with E-state index in [1.54, 1.807) is 14.0 Å². The maximum Gasteiger partial charge on any atom is 0.328 e. The molecule has 0 aromatic heterocycles. The third-order valence-corrected chi connectivity index (χ3v) is 2.76. The predicted octanol–water partition coefficient (Wildman–Crippen LogP) is 1.49. The monoisotopic (exact) mass is 247 g/mol. The molecule has 0 fully saturated rings. The highest BCUT2D eigenvalue weighted by Gasteiger charge is 2.24. The van der Waals surface area contributed by atoms with Crippen LogP contribution in [0.25, 0.3) is 0 Å². The van der Waals surface area contributed by atoms with Crippen LogP contribution in [0.15, 0.2) is 0 Å². The van der Waals surface area contributed by atoms with E-state index in [1.807, 2.05) is 13.8 Å². The van der Waals surface area contributed by atoms with Gasteiger partial charge >= 0.3 is 5.97 Å². The zero-order valence-electron chi connectivity index (χ0n) is 10.4. The Bertz CT molecular complexity index is 245. The van der Waals surface area contributed by atoms with E-state index in [0.29, 0.717) is 12.2 Å². The summed E-state index contributed by atoms with van der Waals surface area (Å²) in [6, 6.07) is -0.540. The Balaban J connectivity index is 4.26. The van der Waals surface area contributed by atoms with Crippen LogP contribution in [0.2, 0.25) is 0 Å². The fourth-order valence-electron chi connectivity index (χ4n) is 1.03. The van der Waals surface area contributed by atoms with Gasteiger partial charge < -0.3 is 9.64 Å². The van der Waals surface area contributed by atoms with Gasteiger partial charge in [-0.3, -0.25) is 4.79 Å². The number of carbonyl (C=O) groups is 2. The fraction of sp³-hybridized carbons (Fsp3) is 0.818. The van der Waals surface area contributed by atoms with Crippen LogP contribution >= 0.6 is 12.6 Å². The molecule has 0 saturated heterocycles. The van der Waals surface area contributed by atoms with Crippen LogP contribution in [0.3, 0.4) is 0 Å². The number of nitrogens with zero attached hydrogens (tertiary/aromatic N) is 1. The Morgan fingerprint density at radius 2 is 1.94 bits per heavy atom. The molecule has 0 spiro atoms. The van der Waals surface area contributed by atoms with Gasteiger partial charge in [-0.1, -0.05) is 6.92 Å². The standard InChI is InChI=1S/C11H21NO3S/c1-5-8(2)15-11(14)9(3)12(4)10(13)6-7-16/h8-9,16H,5-7H2,1-4H3. The van der Waals surface area contributed by atoms with Crippen molar-refractivity contribution in [3.05, 3.63) is 0 Å². The molecule has 0 aliphatic carbocycles. The number of thiol groups is 1. The molecule has 0 N–H and O–H groups in total. The summed E-state index contributed by atoms with van der Waals surface area (Å²) < 4.78 is 5.16. The van der Waals surface area contributed by atoms with E-state index < -0.39 is 6.04 Å². The summed E-state index contributed by atoms with van der Waals surface area (Å²) in [5.41, 5.74) is 0. The summed E-state index contributed by atoms with van der Waals surface area (Å²) in [6.45, 7) is 5.44. The first-order valence-electron chi connectivity index (χ1n) is 5.51. The Kier molecular flexibility index (Phi) is 7.21. The zero-order valence-corrected chi connectivity index (χ0v) is 11.3. The number of likely N-dealkylation sites (N-methyl/N-ethyl adjacent to an activating group) is 1. The van der Waals surface area contributed by atoms with Gasteiger partial charge in [-0.25, -0.2) is 4.79 Å². The van der Waals surface area contributed by atoms with Crippen LogP contribution in [-0.2, 0) is 14.3 Å². The number of amides is 1. The minimum atomic E-state index is -0.540. The molecule has 0 aliphatic rings. The molecule has 0 radical (unpaired) electrons. The van der Waals surface area contributed by atoms with Gasteiger partial charge in [-0.05, 0) is 26.0 Å². The summed E-state index contributed by atoms with van der Waals surface area (Å²) in [5.74, 6) is 0.0315. The molecule has 0 aliphatic heterocycles. The second kappa shape index (κ2) is 7.54. The molecule has 0 aromatic rings. The molecular formula is C11H21NO3S. The third kappa shape index (κ3) is 4.88. The molecule has 0 aromatic carbocycles. The van der Waals surface area contributed by atoms with Crippen molar-refractivity contribution in [3.8, 4) is 0 Å². The number of rotatable bonds is 6. The lowest BCUT2D eigenvalue weighted by molar-refractivity contribution is -0.157. The molecule has 0 bridgehead atoms. The van der Waals surface area contributed by atoms with Crippen LogP contribution in [0, 0.1) is 0 Å². The molecule has 0 saturated carbocycles. The minimum Gasteiger partial charge on any atom is -0.461 e. The van der Waals surface area contributed by atoms with Crippen molar-refractivity contribution < 1.29 is 14.3 Å². The summed E-state index contributed by atoms with van der Waals surface area (Å²) in [4.78, 5) is 24.5. The van der Waals surface area contributed by atoms with Crippen molar-refractivity contribution in [2.24, 2.45) is 0 Å². The number of esters is 1. The van der Waals surface area contributed by atoms with Crippen LogP contribution in [-0.4, -0.2) is 41.7 Å². The molecule has 2 unspecified atom stereocenters. The summed E-state index contributed by atoms with van der Waals surface area (Å²) in [7, 11) is 1.61. The van der Waals surface area contributed by atoms with Crippen LogP contribution in [0.4, 0.5) is 0 Å². The molecule has 16 heavy (non-hydrogen) atoms. The van der Waals surface area contributed by atoms with Crippen molar-refractivity contribution >= 4 is 24.5 Å². The number of carbonyl (C=O) groups excluding carboxylic acids is 2. The predicted molar refractivity (Wildman–Crippen MR) is 66.5 cm³/mol. The highest BCUT2D eigenvalue weighted by atomic mass is 32.1. The first-order chi connectivity index (χ1) is 7.43. The van der Waals surface area contributed by atoms with Crippen molar-refractivity contribution in [2.75, 3.05) is 12.8 Å². The van der Waals surface area contributed by atoms with E-state index in [4.69, 9.17) is 4.74 Å². The van der Waals surface area contributed by atoms with Gasteiger partial charge in [-0.15, -0.1) is 0 Å². The Morgan fingerprint density at radius 3 is 2.38 bits per heavy atom. The van der Waals surface area contributed by atoms with Gasteiger partial charge in [-0.2, -0.15) is 12.6 Å². The molecule has 0 rings (SSSR count). The van der Waals surface area contributed by atoms with Crippen LogP contribution in [0.1, 0.15) is 33.6 Å². The molecule has 1 amide bonds. The van der Waals surface area contributed by atoms with Crippen LogP contribution in [0.5, 0.6) is 0 Å². The highest BCUT2D eigenvalue weighted by molar-refractivity contribution is 7.80. The van der Waals surface area contributed by atoms with E-state index in [2.05, 4.69) is 12.6 Å². The molecular weight excluding hydrogens is 226 g/mol. The van der Waals surface area contributed by atoms with Crippen molar-refractivity contribution in [1.82, 2.24) is 4.90 Å². The SMILES string of the molecule is CCC(C)OC(=O)C(C)N(C)C(=O)CCS. The van der Waals surface area contributed by atoms with Gasteiger partial charge in [0.2, 0.25) is 5.91 Å². The average Bonchev–Trinajstić information content (AvgIpc) is 2.26. The van der Waals surface area contributed by atoms with Gasteiger partial charge in [0.1, 0.15) is 6.04 Å². The van der Waals surface area contributed by atoms with Gasteiger partial charge in [0.25, 0.3) is 0 Å². The van der Waals surface area contributed by atoms with Crippen LogP contribution < -0.4 is 0 Å². The van der Waals surface area contributed by atoms with E-state index in [0.717, 1.165) is 6.42 Å². The van der Waals surface area contributed by atoms with E-state index >= 15 is 0 Å². The maximum atomic E-state index is 11.6. The van der Waals surface area contributed by atoms with Crippen molar-refractivity contribution in [2.45, 2.75) is 45.8 Å². The Hall–Kier alpha value is -0.710. The maximum absolute atomic E-state index is 11.6. The van der Waals surface area contributed by atoms with Gasteiger partial charge in [0.05, 0.1) is 6.10 Å². The first kappa shape index (κ1) is 15.3. The third-order valence-electron chi connectivity index (χ3n) is 2.53. The fourth-order valence-corrected chi connectivity index (χ4v) is 1.22. The van der Waals surface area contributed by atoms with E-state index in [-0.39, 0.29) is 18.0 Å². The lowest BCUT2D eigenvalue weighted by Crippen LogP contribution is -2.42. The largest absolute Gasteiger partial charge is 0.461 e. The van der Waals surface area contributed by atoms with E-state index in [1.165, 1.54) is 4.90 Å². The number of hydrogen-bond donors (Lipinski definition) is 1. The summed E-state index contributed by atoms with van der Waals surface area (Å²) in [5, 5.41) is 0.